The highest BCUT2D eigenvalue weighted by atomic mass is 15.1. The molecule has 45 heavy (non-hydrogen) atoms. The summed E-state index contributed by atoms with van der Waals surface area (Å²) >= 11 is 0. The van der Waals surface area contributed by atoms with Gasteiger partial charge in [-0.15, -0.1) is 0 Å². The average Bonchev–Trinajstić information content (AvgIpc) is 3.12. The largest absolute Gasteiger partial charge is 0.310 e. The van der Waals surface area contributed by atoms with E-state index in [-0.39, 0.29) is 0 Å². The van der Waals surface area contributed by atoms with Gasteiger partial charge in [0.2, 0.25) is 0 Å². The second-order valence-corrected chi connectivity index (χ2v) is 11.3. The second-order valence-electron chi connectivity index (χ2n) is 11.3. The molecule has 0 aliphatic heterocycles. The number of hydrogen-bond acceptors (Lipinski definition) is 2. The van der Waals surface area contributed by atoms with E-state index in [2.05, 4.69) is 180 Å². The standard InChI is InChI=1S/C43H30N2/c1-3-11-31(12-4-1)35-16-7-19-39(27-35)45(40-20-8-17-36(28-40)32-13-5-2-6-14-32)43-21-9-15-33-22-24-37(29-41(33)43)38-25-23-34-18-10-26-44-42(34)30-38/h1-30H. The molecule has 0 aliphatic rings. The third kappa shape index (κ3) is 5.24. The molecule has 0 saturated carbocycles. The number of aromatic nitrogens is 1. The van der Waals surface area contributed by atoms with Crippen LogP contribution in [-0.4, -0.2) is 4.98 Å². The van der Waals surface area contributed by atoms with Gasteiger partial charge < -0.3 is 4.90 Å². The Morgan fingerprint density at radius 1 is 0.356 bits per heavy atom. The molecule has 1 aromatic heterocycles. The van der Waals surface area contributed by atoms with Gasteiger partial charge in [0, 0.05) is 28.3 Å². The summed E-state index contributed by atoms with van der Waals surface area (Å²) in [6, 6.07) is 62.9. The van der Waals surface area contributed by atoms with Crippen LogP contribution in [-0.2, 0) is 0 Å². The molecule has 2 heteroatoms. The van der Waals surface area contributed by atoms with Crippen LogP contribution in [0.4, 0.5) is 17.1 Å². The molecule has 0 spiro atoms. The lowest BCUT2D eigenvalue weighted by molar-refractivity contribution is 1.30. The minimum absolute atomic E-state index is 1.00. The van der Waals surface area contributed by atoms with Gasteiger partial charge in [-0.1, -0.05) is 127 Å². The first kappa shape index (κ1) is 26.6. The number of anilines is 3. The fourth-order valence-electron chi connectivity index (χ4n) is 6.21. The minimum Gasteiger partial charge on any atom is -0.310 e. The summed E-state index contributed by atoms with van der Waals surface area (Å²) in [6.45, 7) is 0. The van der Waals surface area contributed by atoms with Gasteiger partial charge in [0.1, 0.15) is 0 Å². The van der Waals surface area contributed by atoms with Crippen molar-refractivity contribution < 1.29 is 0 Å². The highest BCUT2D eigenvalue weighted by Crippen LogP contribution is 2.42. The molecule has 0 fully saturated rings. The highest BCUT2D eigenvalue weighted by Gasteiger charge is 2.17. The van der Waals surface area contributed by atoms with Crippen LogP contribution in [0.1, 0.15) is 0 Å². The lowest BCUT2D eigenvalue weighted by Gasteiger charge is -2.28. The number of benzene rings is 7. The van der Waals surface area contributed by atoms with E-state index in [0.29, 0.717) is 0 Å². The molecule has 212 valence electrons. The van der Waals surface area contributed by atoms with Crippen molar-refractivity contribution in [2.75, 3.05) is 4.90 Å². The molecule has 0 amide bonds. The molecule has 1 heterocycles. The zero-order valence-corrected chi connectivity index (χ0v) is 24.7. The Labute approximate surface area is 263 Å². The van der Waals surface area contributed by atoms with E-state index in [4.69, 9.17) is 0 Å². The van der Waals surface area contributed by atoms with Gasteiger partial charge in [-0.3, -0.25) is 4.98 Å². The van der Waals surface area contributed by atoms with Gasteiger partial charge in [-0.05, 0) is 87.3 Å². The van der Waals surface area contributed by atoms with E-state index in [1.54, 1.807) is 0 Å². The molecule has 0 aliphatic carbocycles. The van der Waals surface area contributed by atoms with Crippen LogP contribution in [0, 0.1) is 0 Å². The molecule has 8 rings (SSSR count). The SMILES string of the molecule is c1ccc(-c2cccc(N(c3cccc(-c4ccccc4)c3)c3cccc4ccc(-c5ccc6cccnc6c5)cc34)c2)cc1. The third-order valence-corrected chi connectivity index (χ3v) is 8.46. The van der Waals surface area contributed by atoms with Crippen LogP contribution >= 0.6 is 0 Å². The van der Waals surface area contributed by atoms with Crippen LogP contribution < -0.4 is 4.90 Å². The topological polar surface area (TPSA) is 16.1 Å². The van der Waals surface area contributed by atoms with Crippen molar-refractivity contribution >= 4 is 38.7 Å². The van der Waals surface area contributed by atoms with Crippen LogP contribution in [0.3, 0.4) is 0 Å². The molecule has 0 bridgehead atoms. The third-order valence-electron chi connectivity index (χ3n) is 8.46. The first-order valence-electron chi connectivity index (χ1n) is 15.3. The second kappa shape index (κ2) is 11.6. The Hall–Kier alpha value is -5.99. The van der Waals surface area contributed by atoms with Crippen LogP contribution in [0.2, 0.25) is 0 Å². The summed E-state index contributed by atoms with van der Waals surface area (Å²) in [5.41, 5.74) is 11.4. The number of fused-ring (bicyclic) bond motifs is 2. The summed E-state index contributed by atoms with van der Waals surface area (Å²) in [5, 5.41) is 3.52. The van der Waals surface area contributed by atoms with Crippen molar-refractivity contribution in [3.8, 4) is 33.4 Å². The van der Waals surface area contributed by atoms with E-state index in [9.17, 15) is 0 Å². The maximum Gasteiger partial charge on any atom is 0.0708 e. The lowest BCUT2D eigenvalue weighted by atomic mass is 9.98. The van der Waals surface area contributed by atoms with Crippen LogP contribution in [0.25, 0.3) is 55.1 Å². The van der Waals surface area contributed by atoms with E-state index in [1.165, 1.54) is 38.6 Å². The molecule has 0 saturated heterocycles. The molecular weight excluding hydrogens is 544 g/mol. The van der Waals surface area contributed by atoms with Crippen molar-refractivity contribution in [2.45, 2.75) is 0 Å². The molecule has 2 nitrogen and oxygen atoms in total. The van der Waals surface area contributed by atoms with Crippen molar-refractivity contribution in [1.82, 2.24) is 4.98 Å². The fraction of sp³-hybridized carbons (Fsp3) is 0. The predicted molar refractivity (Wildman–Crippen MR) is 190 cm³/mol. The molecule has 7 aromatic carbocycles. The van der Waals surface area contributed by atoms with Crippen molar-refractivity contribution in [3.63, 3.8) is 0 Å². The van der Waals surface area contributed by atoms with Gasteiger partial charge in [-0.25, -0.2) is 0 Å². The molecule has 8 aromatic rings. The zero-order chi connectivity index (χ0) is 30.0. The summed E-state index contributed by atoms with van der Waals surface area (Å²) in [4.78, 5) is 7.01. The quantitative estimate of drug-likeness (QED) is 0.196. The Balaban J connectivity index is 1.33. The number of pyridine rings is 1. The maximum absolute atomic E-state index is 4.61. The number of nitrogens with zero attached hydrogens (tertiary/aromatic N) is 2. The summed E-state index contributed by atoms with van der Waals surface area (Å²) < 4.78 is 0. The van der Waals surface area contributed by atoms with Gasteiger partial charge in [0.25, 0.3) is 0 Å². The molecule has 0 unspecified atom stereocenters. The van der Waals surface area contributed by atoms with Gasteiger partial charge >= 0.3 is 0 Å². The minimum atomic E-state index is 1.00. The van der Waals surface area contributed by atoms with Crippen LogP contribution in [0.5, 0.6) is 0 Å². The Morgan fingerprint density at radius 2 is 0.889 bits per heavy atom. The van der Waals surface area contributed by atoms with Crippen LogP contribution in [0.15, 0.2) is 182 Å². The Kier molecular flexibility index (Phi) is 6.86. The molecule has 0 N–H and O–H groups in total. The summed E-state index contributed by atoms with van der Waals surface area (Å²) in [6.07, 6.45) is 1.86. The maximum atomic E-state index is 4.61. The lowest BCUT2D eigenvalue weighted by Crippen LogP contribution is -2.10. The summed E-state index contributed by atoms with van der Waals surface area (Å²) in [5.74, 6) is 0. The van der Waals surface area contributed by atoms with E-state index < -0.39 is 0 Å². The van der Waals surface area contributed by atoms with Gasteiger partial charge in [0.05, 0.1) is 11.2 Å². The monoisotopic (exact) mass is 574 g/mol. The van der Waals surface area contributed by atoms with Gasteiger partial charge in [0.15, 0.2) is 0 Å². The van der Waals surface area contributed by atoms with Gasteiger partial charge in [-0.2, -0.15) is 0 Å². The highest BCUT2D eigenvalue weighted by molar-refractivity contribution is 6.01. The molecule has 0 radical (unpaired) electrons. The van der Waals surface area contributed by atoms with E-state index >= 15 is 0 Å². The number of hydrogen-bond donors (Lipinski definition) is 0. The first-order chi connectivity index (χ1) is 22.3. The fourth-order valence-corrected chi connectivity index (χ4v) is 6.21. The van der Waals surface area contributed by atoms with Crippen molar-refractivity contribution in [2.24, 2.45) is 0 Å². The smallest absolute Gasteiger partial charge is 0.0708 e. The van der Waals surface area contributed by atoms with E-state index in [1.807, 2.05) is 12.3 Å². The average molecular weight is 575 g/mol. The number of rotatable bonds is 6. The van der Waals surface area contributed by atoms with E-state index in [0.717, 1.165) is 33.5 Å². The van der Waals surface area contributed by atoms with Crippen molar-refractivity contribution in [1.29, 1.82) is 0 Å². The molecular formula is C43H30N2. The predicted octanol–water partition coefficient (Wildman–Crippen LogP) is 11.9. The molecule has 0 atom stereocenters. The normalized spacial score (nSPS) is 11.1. The Morgan fingerprint density at radius 3 is 1.56 bits per heavy atom. The van der Waals surface area contributed by atoms with Crippen molar-refractivity contribution in [3.05, 3.63) is 182 Å². The summed E-state index contributed by atoms with van der Waals surface area (Å²) in [7, 11) is 0. The first-order valence-corrected chi connectivity index (χ1v) is 15.3. The Bertz CT molecular complexity index is 2190. The zero-order valence-electron chi connectivity index (χ0n) is 24.7.